The monoisotopic (exact) mass is 442 g/mol. The fourth-order valence-corrected chi connectivity index (χ4v) is 4.83. The van der Waals surface area contributed by atoms with Gasteiger partial charge < -0.3 is 10.6 Å². The number of sulfonamides is 1. The number of carbonyl (C=O) groups excluding carboxylic acids is 1. The first kappa shape index (κ1) is 19.9. The summed E-state index contributed by atoms with van der Waals surface area (Å²) in [7, 11) is -3.70. The fourth-order valence-electron chi connectivity index (χ4n) is 3.65. The van der Waals surface area contributed by atoms with Crippen molar-refractivity contribution in [1.82, 2.24) is 4.98 Å². The summed E-state index contributed by atoms with van der Waals surface area (Å²) >= 11 is 0. The van der Waals surface area contributed by atoms with E-state index >= 15 is 0 Å². The number of fused-ring (bicyclic) bond motifs is 2. The number of benzene rings is 3. The normalized spacial score (nSPS) is 14.0. The van der Waals surface area contributed by atoms with Crippen molar-refractivity contribution in [1.29, 1.82) is 0 Å². The molecule has 0 radical (unpaired) electrons. The summed E-state index contributed by atoms with van der Waals surface area (Å²) < 4.78 is 28.2. The second-order valence-corrected chi connectivity index (χ2v) is 8.97. The maximum absolute atomic E-state index is 12.8. The Kier molecular flexibility index (Phi) is 4.71. The molecule has 3 aromatic carbocycles. The average Bonchev–Trinajstić information content (AvgIpc) is 3.06. The molecule has 0 saturated heterocycles. The molecule has 2 heterocycles. The Labute approximate surface area is 184 Å². The van der Waals surface area contributed by atoms with Crippen molar-refractivity contribution in [3.05, 3.63) is 95.7 Å². The Morgan fingerprint density at radius 1 is 0.906 bits per heavy atom. The smallest absolute Gasteiger partial charge is 0.285 e. The highest BCUT2D eigenvalue weighted by atomic mass is 32.2. The maximum Gasteiger partial charge on any atom is 0.285 e. The fraction of sp³-hybridized carbons (Fsp3) is 0.0417. The highest BCUT2D eigenvalue weighted by Gasteiger charge is 2.28. The van der Waals surface area contributed by atoms with Crippen LogP contribution in [0.3, 0.4) is 0 Å². The number of hydrogen-bond donors (Lipinski definition) is 2. The van der Waals surface area contributed by atoms with Crippen molar-refractivity contribution >= 4 is 44.0 Å². The van der Waals surface area contributed by atoms with Crippen molar-refractivity contribution in [3.8, 4) is 0 Å². The number of nitrogens with zero attached hydrogens (tertiary/aromatic N) is 2. The van der Waals surface area contributed by atoms with Crippen LogP contribution in [-0.4, -0.2) is 25.1 Å². The maximum atomic E-state index is 12.8. The number of amidine groups is 1. The van der Waals surface area contributed by atoms with Gasteiger partial charge in [-0.05, 0) is 67.1 Å². The molecule has 0 saturated carbocycles. The molecule has 1 aliphatic rings. The SMILES string of the molecule is Cc1ccc(NC(=O)c2ccc(NC3=NS(=O)(=O)c4ccccc43)cc2)c2cccnc12. The lowest BCUT2D eigenvalue weighted by atomic mass is 10.1. The summed E-state index contributed by atoms with van der Waals surface area (Å²) in [6.07, 6.45) is 1.73. The van der Waals surface area contributed by atoms with Crippen molar-refractivity contribution in [2.75, 3.05) is 10.6 Å². The number of amides is 1. The molecule has 0 atom stereocenters. The Bertz CT molecular complexity index is 1510. The molecule has 0 aliphatic carbocycles. The highest BCUT2D eigenvalue weighted by molar-refractivity contribution is 7.90. The minimum Gasteiger partial charge on any atom is -0.339 e. The Morgan fingerprint density at radius 2 is 1.69 bits per heavy atom. The quantitative estimate of drug-likeness (QED) is 0.491. The zero-order chi connectivity index (χ0) is 22.3. The Hall–Kier alpha value is -4.04. The first-order valence-electron chi connectivity index (χ1n) is 9.89. The first-order chi connectivity index (χ1) is 15.4. The van der Waals surface area contributed by atoms with Gasteiger partial charge in [-0.3, -0.25) is 9.78 Å². The lowest BCUT2D eigenvalue weighted by molar-refractivity contribution is 0.102. The summed E-state index contributed by atoms with van der Waals surface area (Å²) in [5.41, 5.74) is 4.18. The van der Waals surface area contributed by atoms with E-state index in [0.29, 0.717) is 22.5 Å². The molecule has 0 spiro atoms. The third-order valence-corrected chi connectivity index (χ3v) is 6.60. The standard InChI is InChI=1S/C24H18N4O3S/c1-15-8-13-20(18-6-4-14-25-22(15)18)27-24(29)16-9-11-17(12-10-16)26-23-19-5-2-3-7-21(19)32(30,31)28-23/h2-14H,1H3,(H,26,28)(H,27,29). The average molecular weight is 443 g/mol. The van der Waals surface area contributed by atoms with Gasteiger partial charge in [0.25, 0.3) is 15.9 Å². The van der Waals surface area contributed by atoms with Gasteiger partial charge in [-0.2, -0.15) is 8.42 Å². The zero-order valence-corrected chi connectivity index (χ0v) is 17.8. The van der Waals surface area contributed by atoms with Gasteiger partial charge in [-0.15, -0.1) is 4.40 Å². The molecule has 4 aromatic rings. The summed E-state index contributed by atoms with van der Waals surface area (Å²) in [4.78, 5) is 17.4. The Balaban J connectivity index is 1.36. The number of hydrogen-bond acceptors (Lipinski definition) is 5. The van der Waals surface area contributed by atoms with E-state index in [1.165, 1.54) is 6.07 Å². The number of rotatable bonds is 3. The first-order valence-corrected chi connectivity index (χ1v) is 11.3. The minimum absolute atomic E-state index is 0.179. The van der Waals surface area contributed by atoms with E-state index in [1.807, 2.05) is 31.2 Å². The van der Waals surface area contributed by atoms with Gasteiger partial charge in [0.15, 0.2) is 5.84 Å². The third-order valence-electron chi connectivity index (χ3n) is 5.26. The van der Waals surface area contributed by atoms with Gasteiger partial charge in [-0.25, -0.2) is 0 Å². The van der Waals surface area contributed by atoms with Crippen LogP contribution in [0.2, 0.25) is 0 Å². The van der Waals surface area contributed by atoms with Crippen LogP contribution >= 0.6 is 0 Å². The van der Waals surface area contributed by atoms with Crippen molar-refractivity contribution < 1.29 is 13.2 Å². The molecule has 5 rings (SSSR count). The van der Waals surface area contributed by atoms with Gasteiger partial charge in [0.1, 0.15) is 4.90 Å². The molecule has 0 unspecified atom stereocenters. The molecule has 158 valence electrons. The van der Waals surface area contributed by atoms with Gasteiger partial charge in [0, 0.05) is 28.4 Å². The number of carbonyl (C=O) groups is 1. The Morgan fingerprint density at radius 3 is 2.50 bits per heavy atom. The molecule has 1 amide bonds. The number of anilines is 2. The van der Waals surface area contributed by atoms with Crippen molar-refractivity contribution in [2.45, 2.75) is 11.8 Å². The highest BCUT2D eigenvalue weighted by Crippen LogP contribution is 2.27. The molecular formula is C24H18N4O3S. The van der Waals surface area contributed by atoms with Gasteiger partial charge >= 0.3 is 0 Å². The number of pyridine rings is 1. The van der Waals surface area contributed by atoms with Crippen LogP contribution in [0, 0.1) is 6.92 Å². The lowest BCUT2D eigenvalue weighted by Gasteiger charge is -2.11. The molecule has 0 fully saturated rings. The largest absolute Gasteiger partial charge is 0.339 e. The van der Waals surface area contributed by atoms with Crippen LogP contribution in [0.1, 0.15) is 21.5 Å². The van der Waals surface area contributed by atoms with E-state index < -0.39 is 10.0 Å². The van der Waals surface area contributed by atoms with E-state index in [1.54, 1.807) is 48.7 Å². The molecule has 32 heavy (non-hydrogen) atoms. The van der Waals surface area contributed by atoms with Crippen LogP contribution in [-0.2, 0) is 10.0 Å². The molecule has 7 nitrogen and oxygen atoms in total. The van der Waals surface area contributed by atoms with Crippen LogP contribution in [0.4, 0.5) is 11.4 Å². The predicted molar refractivity (Wildman–Crippen MR) is 125 cm³/mol. The van der Waals surface area contributed by atoms with Gasteiger partial charge in [0.2, 0.25) is 0 Å². The van der Waals surface area contributed by atoms with Crippen molar-refractivity contribution in [2.24, 2.45) is 4.40 Å². The second-order valence-electron chi connectivity index (χ2n) is 7.40. The van der Waals surface area contributed by atoms with E-state index in [0.717, 1.165) is 16.5 Å². The van der Waals surface area contributed by atoms with E-state index in [-0.39, 0.29) is 16.6 Å². The van der Waals surface area contributed by atoms with Gasteiger partial charge in [-0.1, -0.05) is 18.2 Å². The van der Waals surface area contributed by atoms with E-state index in [2.05, 4.69) is 20.0 Å². The van der Waals surface area contributed by atoms with Crippen LogP contribution in [0.15, 0.2) is 88.3 Å². The van der Waals surface area contributed by atoms with Crippen LogP contribution < -0.4 is 10.6 Å². The zero-order valence-electron chi connectivity index (χ0n) is 17.0. The third kappa shape index (κ3) is 3.50. The van der Waals surface area contributed by atoms with E-state index in [4.69, 9.17) is 0 Å². The molecule has 1 aliphatic heterocycles. The minimum atomic E-state index is -3.70. The number of aryl methyl sites for hydroxylation is 1. The van der Waals surface area contributed by atoms with E-state index in [9.17, 15) is 13.2 Å². The molecule has 2 N–H and O–H groups in total. The summed E-state index contributed by atoms with van der Waals surface area (Å²) in [5.74, 6) is 0.00751. The topological polar surface area (TPSA) is 101 Å². The summed E-state index contributed by atoms with van der Waals surface area (Å²) in [6.45, 7) is 1.98. The molecule has 0 bridgehead atoms. The molecular weight excluding hydrogens is 424 g/mol. The number of aromatic nitrogens is 1. The summed E-state index contributed by atoms with van der Waals surface area (Å²) in [6, 6.07) is 21.0. The molecule has 1 aromatic heterocycles. The second kappa shape index (κ2) is 7.58. The number of nitrogens with one attached hydrogen (secondary N) is 2. The lowest BCUT2D eigenvalue weighted by Crippen LogP contribution is -2.14. The molecule has 8 heteroatoms. The summed E-state index contributed by atoms with van der Waals surface area (Å²) in [5, 5.41) is 6.85. The van der Waals surface area contributed by atoms with Crippen molar-refractivity contribution in [3.63, 3.8) is 0 Å². The van der Waals surface area contributed by atoms with Crippen LogP contribution in [0.25, 0.3) is 10.9 Å². The van der Waals surface area contributed by atoms with Gasteiger partial charge in [0.05, 0.1) is 11.2 Å². The van der Waals surface area contributed by atoms with Crippen LogP contribution in [0.5, 0.6) is 0 Å². The predicted octanol–water partition coefficient (Wildman–Crippen LogP) is 4.36.